The molecule has 2 atom stereocenters. The van der Waals surface area contributed by atoms with Gasteiger partial charge in [-0.3, -0.25) is 0 Å². The SMILES string of the molecule is CCCC[Si]1(C)C2=Cc3c(-c4cccc(C(C)(C)C)c4)cccc3[CH]2[Hf]([CH3])([CH3])[CH]2C1=Cc1c(-c3cccc(C(C)(C)C)c3)cccc12. The number of fused-ring (bicyclic) bond motifs is 6. The molecule has 4 aromatic carbocycles. The van der Waals surface area contributed by atoms with Crippen LogP contribution in [0.1, 0.15) is 102 Å². The number of allylic oxidation sites excluding steroid dienone is 2. The maximum absolute atomic E-state index is 3.10. The topological polar surface area (TPSA) is 0 Å². The number of rotatable bonds is 5. The van der Waals surface area contributed by atoms with Crippen LogP contribution >= 0.6 is 0 Å². The molecule has 1 fully saturated rings. The van der Waals surface area contributed by atoms with Crippen molar-refractivity contribution in [1.82, 2.24) is 0 Å². The van der Waals surface area contributed by atoms with Crippen LogP contribution in [0.25, 0.3) is 34.4 Å². The Labute approximate surface area is 290 Å². The fourth-order valence-corrected chi connectivity index (χ4v) is 41.9. The Hall–Kier alpha value is -2.55. The molecule has 4 aromatic rings. The van der Waals surface area contributed by atoms with Crippen LogP contribution in [-0.2, 0) is 30.8 Å². The van der Waals surface area contributed by atoms with Crippen molar-refractivity contribution < 1.29 is 20.0 Å². The Balaban J connectivity index is 1.42. The summed E-state index contributed by atoms with van der Waals surface area (Å²) >= 11 is -3.10. The van der Waals surface area contributed by atoms with Crippen LogP contribution in [0, 0.1) is 0 Å². The number of benzene rings is 4. The third-order valence-corrected chi connectivity index (χ3v) is 34.0. The van der Waals surface area contributed by atoms with Gasteiger partial charge in [-0.2, -0.15) is 0 Å². The molecule has 0 radical (unpaired) electrons. The number of unbranched alkanes of at least 4 members (excludes halogenated alkanes) is 1. The van der Waals surface area contributed by atoms with E-state index in [1.165, 1.54) is 63.4 Å². The Morgan fingerprint density at radius 2 is 1.04 bits per heavy atom. The Bertz CT molecular complexity index is 1810. The average molecular weight is 802 g/mol. The van der Waals surface area contributed by atoms with Gasteiger partial charge in [-0.15, -0.1) is 0 Å². The number of hydrogen-bond donors (Lipinski definition) is 0. The normalized spacial score (nSPS) is 22.6. The van der Waals surface area contributed by atoms with Crippen LogP contribution in [0.3, 0.4) is 0 Å². The van der Waals surface area contributed by atoms with Crippen LogP contribution < -0.4 is 0 Å². The fourth-order valence-electron chi connectivity index (χ4n) is 9.33. The van der Waals surface area contributed by atoms with E-state index in [4.69, 9.17) is 0 Å². The summed E-state index contributed by atoms with van der Waals surface area (Å²) in [6.45, 7) is 19.1. The van der Waals surface area contributed by atoms with Crippen molar-refractivity contribution >= 4 is 20.2 Å². The summed E-state index contributed by atoms with van der Waals surface area (Å²) in [5.41, 5.74) is 15.1. The van der Waals surface area contributed by atoms with E-state index in [-0.39, 0.29) is 10.8 Å². The third kappa shape index (κ3) is 5.32. The summed E-state index contributed by atoms with van der Waals surface area (Å²) < 4.78 is 6.94. The minimum absolute atomic E-state index is 0.134. The van der Waals surface area contributed by atoms with Gasteiger partial charge in [0, 0.05) is 0 Å². The zero-order valence-corrected chi connectivity index (χ0v) is 35.1. The second-order valence-electron chi connectivity index (χ2n) is 17.6. The molecular weight excluding hydrogens is 747 g/mol. The van der Waals surface area contributed by atoms with Crippen LogP contribution in [0.5, 0.6) is 0 Å². The molecule has 0 saturated carbocycles. The molecular formula is C45H54HfSi. The van der Waals surface area contributed by atoms with Crippen molar-refractivity contribution in [3.63, 3.8) is 0 Å². The van der Waals surface area contributed by atoms with Crippen molar-refractivity contribution in [2.45, 2.75) is 101 Å². The molecule has 2 aliphatic carbocycles. The molecule has 1 aliphatic heterocycles. The van der Waals surface area contributed by atoms with Crippen LogP contribution in [0.2, 0.25) is 22.0 Å². The quantitative estimate of drug-likeness (QED) is 0.176. The zero-order valence-electron chi connectivity index (χ0n) is 30.5. The van der Waals surface area contributed by atoms with E-state index in [1.807, 2.05) is 10.4 Å². The summed E-state index contributed by atoms with van der Waals surface area (Å²) in [5.74, 6) is 0. The van der Waals surface area contributed by atoms with Gasteiger partial charge in [0.15, 0.2) is 0 Å². The van der Waals surface area contributed by atoms with Gasteiger partial charge < -0.3 is 0 Å². The van der Waals surface area contributed by atoms with Gasteiger partial charge in [-0.05, 0) is 0 Å². The van der Waals surface area contributed by atoms with Crippen molar-refractivity contribution in [2.24, 2.45) is 0 Å². The van der Waals surface area contributed by atoms with Crippen molar-refractivity contribution in [3.05, 3.63) is 129 Å². The molecule has 0 aromatic heterocycles. The zero-order chi connectivity index (χ0) is 33.5. The van der Waals surface area contributed by atoms with Gasteiger partial charge in [0.2, 0.25) is 0 Å². The van der Waals surface area contributed by atoms with E-state index in [0.29, 0.717) is 7.35 Å². The van der Waals surface area contributed by atoms with Gasteiger partial charge in [0.05, 0.1) is 0 Å². The second-order valence-corrected chi connectivity index (χ2v) is 39.2. The molecule has 7 rings (SSSR count). The molecule has 0 spiro atoms. The average Bonchev–Trinajstić information content (AvgIpc) is 3.64. The molecule has 3 aliphatic rings. The second kappa shape index (κ2) is 11.5. The van der Waals surface area contributed by atoms with Gasteiger partial charge in [0.25, 0.3) is 0 Å². The first-order valence-electron chi connectivity index (χ1n) is 18.1. The van der Waals surface area contributed by atoms with Crippen molar-refractivity contribution in [1.29, 1.82) is 0 Å². The summed E-state index contributed by atoms with van der Waals surface area (Å²) in [7, 11) is -1.95. The molecule has 1 saturated heterocycles. The molecule has 2 unspecified atom stereocenters. The van der Waals surface area contributed by atoms with Gasteiger partial charge >= 0.3 is 293 Å². The van der Waals surface area contributed by atoms with Crippen LogP contribution in [0.15, 0.2) is 95.3 Å². The first kappa shape index (κ1) is 33.0. The monoisotopic (exact) mass is 802 g/mol. The van der Waals surface area contributed by atoms with Crippen molar-refractivity contribution in [2.75, 3.05) is 0 Å². The minimum atomic E-state index is -3.10. The standard InChI is InChI=1S/C43H48Si.2CH3.Hf/c1-9-10-23-44(8,36-26-32-17-13-21-38(40(32)28-36)30-15-11-19-34(24-30)42(2,3)4)37-27-33-18-14-22-39(41(33)29-37)31-16-12-20-35(25-31)43(5,6)7;;;/h11-22,24-29H,9-10,23H2,1-8H3;2*1H3;. The summed E-state index contributed by atoms with van der Waals surface area (Å²) in [6.07, 6.45) is 8.11. The van der Waals surface area contributed by atoms with E-state index < -0.39 is 28.0 Å². The maximum atomic E-state index is 2.81. The van der Waals surface area contributed by atoms with Crippen LogP contribution in [-0.4, -0.2) is 8.07 Å². The van der Waals surface area contributed by atoms with Gasteiger partial charge in [-0.1, -0.05) is 0 Å². The van der Waals surface area contributed by atoms with E-state index in [2.05, 4.69) is 161 Å². The third-order valence-electron chi connectivity index (χ3n) is 12.0. The molecule has 0 N–H and O–H groups in total. The van der Waals surface area contributed by atoms with Crippen molar-refractivity contribution in [3.8, 4) is 22.3 Å². The molecule has 2 heteroatoms. The molecule has 0 amide bonds. The Kier molecular flexibility index (Phi) is 8.08. The van der Waals surface area contributed by atoms with Crippen LogP contribution in [0.4, 0.5) is 0 Å². The Morgan fingerprint density at radius 1 is 0.617 bits per heavy atom. The molecule has 0 nitrogen and oxygen atoms in total. The van der Waals surface area contributed by atoms with E-state index >= 15 is 0 Å². The fraction of sp³-hybridized carbons (Fsp3) is 0.378. The molecule has 0 bridgehead atoms. The first-order valence-corrected chi connectivity index (χ1v) is 32.1. The van der Waals surface area contributed by atoms with Gasteiger partial charge in [0.1, 0.15) is 0 Å². The van der Waals surface area contributed by atoms with E-state index in [9.17, 15) is 0 Å². The summed E-state index contributed by atoms with van der Waals surface area (Å²) in [4.78, 5) is 0. The summed E-state index contributed by atoms with van der Waals surface area (Å²) in [5, 5.41) is 3.75. The van der Waals surface area contributed by atoms with Gasteiger partial charge in [-0.25, -0.2) is 0 Å². The Morgan fingerprint density at radius 3 is 1.45 bits per heavy atom. The van der Waals surface area contributed by atoms with E-state index in [1.54, 1.807) is 11.1 Å². The van der Waals surface area contributed by atoms with E-state index in [0.717, 1.165) is 0 Å². The molecule has 1 heterocycles. The first-order chi connectivity index (χ1) is 22.2. The number of hydrogen-bond acceptors (Lipinski definition) is 0. The summed E-state index contributed by atoms with van der Waals surface area (Å²) in [6, 6.07) is 34.7. The molecule has 242 valence electrons. The molecule has 47 heavy (non-hydrogen) atoms. The predicted octanol–water partition coefficient (Wildman–Crippen LogP) is 13.4. The predicted molar refractivity (Wildman–Crippen MR) is 206 cm³/mol.